The molecule has 12 heavy (non-hydrogen) atoms. The quantitative estimate of drug-likeness (QED) is 0.553. The predicted molar refractivity (Wildman–Crippen MR) is 52.3 cm³/mol. The molecule has 1 aliphatic heterocycles. The maximum atomic E-state index is 4.40. The second kappa shape index (κ2) is 2.94. The van der Waals surface area contributed by atoms with Crippen molar-refractivity contribution in [1.29, 1.82) is 0 Å². The van der Waals surface area contributed by atoms with Gasteiger partial charge < -0.3 is 0 Å². The molecule has 2 rings (SSSR count). The molecule has 0 spiro atoms. The van der Waals surface area contributed by atoms with Gasteiger partial charge in [0.1, 0.15) is 0 Å². The van der Waals surface area contributed by atoms with E-state index >= 15 is 0 Å². The normalized spacial score (nSPS) is 31.2. The fourth-order valence-corrected chi connectivity index (χ4v) is 1.47. The van der Waals surface area contributed by atoms with E-state index in [2.05, 4.69) is 35.9 Å². The largest absolute Gasteiger partial charge is 0.284 e. The Morgan fingerprint density at radius 3 is 3.00 bits per heavy atom. The lowest BCUT2D eigenvalue weighted by atomic mass is 9.91. The van der Waals surface area contributed by atoms with Crippen molar-refractivity contribution in [1.82, 2.24) is 0 Å². The lowest BCUT2D eigenvalue weighted by molar-refractivity contribution is 0.680. The summed E-state index contributed by atoms with van der Waals surface area (Å²) in [5.41, 5.74) is 1.12. The van der Waals surface area contributed by atoms with Crippen LogP contribution in [0.5, 0.6) is 0 Å². The van der Waals surface area contributed by atoms with Gasteiger partial charge in [-0.05, 0) is 5.57 Å². The molecular weight excluding hydrogens is 146 g/mol. The Bertz CT molecular complexity index is 305. The van der Waals surface area contributed by atoms with Crippen LogP contribution in [0.3, 0.4) is 0 Å². The van der Waals surface area contributed by atoms with E-state index in [1.807, 2.05) is 18.4 Å². The van der Waals surface area contributed by atoms with Crippen LogP contribution >= 0.6 is 0 Å². The second-order valence-electron chi connectivity index (χ2n) is 2.99. The van der Waals surface area contributed by atoms with E-state index in [0.29, 0.717) is 12.0 Å². The Morgan fingerprint density at radius 1 is 1.33 bits per heavy atom. The highest BCUT2D eigenvalue weighted by molar-refractivity contribution is 5.83. The summed E-state index contributed by atoms with van der Waals surface area (Å²) in [4.78, 5) is 4.40. The molecule has 0 aromatic carbocycles. The van der Waals surface area contributed by atoms with Crippen LogP contribution in [0.25, 0.3) is 0 Å². The van der Waals surface area contributed by atoms with E-state index in [4.69, 9.17) is 0 Å². The van der Waals surface area contributed by atoms with E-state index in [1.165, 1.54) is 0 Å². The maximum absolute atomic E-state index is 4.40. The molecule has 0 aromatic heterocycles. The van der Waals surface area contributed by atoms with Crippen LogP contribution in [0.4, 0.5) is 0 Å². The molecule has 1 nitrogen and oxygen atoms in total. The van der Waals surface area contributed by atoms with Crippen LogP contribution in [0.2, 0.25) is 0 Å². The van der Waals surface area contributed by atoms with Crippen molar-refractivity contribution < 1.29 is 0 Å². The molecule has 60 valence electrons. The monoisotopic (exact) mass is 157 g/mol. The Kier molecular flexibility index (Phi) is 1.78. The first-order chi connectivity index (χ1) is 5.90. The van der Waals surface area contributed by atoms with E-state index in [1.54, 1.807) is 0 Å². The molecule has 0 bridgehead atoms. The average molecular weight is 157 g/mol. The molecule has 0 saturated heterocycles. The van der Waals surface area contributed by atoms with Gasteiger partial charge in [-0.25, -0.2) is 0 Å². The maximum Gasteiger partial charge on any atom is 0.0780 e. The highest BCUT2D eigenvalue weighted by atomic mass is 14.8. The Balaban J connectivity index is 2.28. The van der Waals surface area contributed by atoms with Crippen LogP contribution < -0.4 is 0 Å². The first kappa shape index (κ1) is 7.29. The van der Waals surface area contributed by atoms with E-state index in [9.17, 15) is 0 Å². The summed E-state index contributed by atoms with van der Waals surface area (Å²) in [6.45, 7) is 3.72. The molecule has 1 aliphatic carbocycles. The first-order valence-corrected chi connectivity index (χ1v) is 4.12. The Hall–Kier alpha value is -1.37. The molecule has 0 radical (unpaired) electrons. The second-order valence-corrected chi connectivity index (χ2v) is 2.99. The van der Waals surface area contributed by atoms with Crippen LogP contribution in [-0.4, -0.2) is 12.3 Å². The predicted octanol–water partition coefficient (Wildman–Crippen LogP) is 2.29. The highest BCUT2D eigenvalue weighted by Crippen LogP contribution is 2.22. The summed E-state index contributed by atoms with van der Waals surface area (Å²) >= 11 is 0. The minimum absolute atomic E-state index is 0.318. The van der Waals surface area contributed by atoms with Crippen molar-refractivity contribution in [3.63, 3.8) is 0 Å². The number of aliphatic imine (C=N–C) groups is 1. The third kappa shape index (κ3) is 1.18. The number of allylic oxidation sites excluding steroid dienone is 4. The third-order valence-electron chi connectivity index (χ3n) is 2.16. The van der Waals surface area contributed by atoms with E-state index in [0.717, 1.165) is 5.57 Å². The summed E-state index contributed by atoms with van der Waals surface area (Å²) in [5.74, 6) is 0.438. The summed E-state index contributed by atoms with van der Waals surface area (Å²) in [6, 6.07) is 0.318. The van der Waals surface area contributed by atoms with Crippen molar-refractivity contribution in [2.45, 2.75) is 6.04 Å². The first-order valence-electron chi connectivity index (χ1n) is 4.12. The van der Waals surface area contributed by atoms with Crippen LogP contribution in [-0.2, 0) is 0 Å². The van der Waals surface area contributed by atoms with Gasteiger partial charge in [-0.2, -0.15) is 0 Å². The van der Waals surface area contributed by atoms with Gasteiger partial charge in [0.05, 0.1) is 6.04 Å². The zero-order valence-electron chi connectivity index (χ0n) is 6.85. The SMILES string of the molecule is C=CC1=CC2C=CC=CC2N=C1. The lowest BCUT2D eigenvalue weighted by Crippen LogP contribution is -2.18. The van der Waals surface area contributed by atoms with Crippen molar-refractivity contribution in [3.05, 3.63) is 48.6 Å². The molecule has 2 aliphatic rings. The summed E-state index contributed by atoms with van der Waals surface area (Å²) in [5, 5.41) is 0. The van der Waals surface area contributed by atoms with Gasteiger partial charge in [0, 0.05) is 12.1 Å². The molecule has 0 N–H and O–H groups in total. The number of dihydropyridines is 1. The van der Waals surface area contributed by atoms with E-state index in [-0.39, 0.29) is 0 Å². The number of hydrogen-bond acceptors (Lipinski definition) is 1. The molecule has 0 fully saturated rings. The van der Waals surface area contributed by atoms with Crippen molar-refractivity contribution in [2.24, 2.45) is 10.9 Å². The summed E-state index contributed by atoms with van der Waals surface area (Å²) < 4.78 is 0. The molecule has 2 unspecified atom stereocenters. The van der Waals surface area contributed by atoms with Gasteiger partial charge in [0.25, 0.3) is 0 Å². The minimum atomic E-state index is 0.318. The zero-order valence-corrected chi connectivity index (χ0v) is 6.85. The van der Waals surface area contributed by atoms with Crippen LogP contribution in [0.1, 0.15) is 0 Å². The molecule has 0 aromatic rings. The number of nitrogens with zero attached hydrogens (tertiary/aromatic N) is 1. The fraction of sp³-hybridized carbons (Fsp3) is 0.182. The summed E-state index contributed by atoms with van der Waals surface area (Å²) in [7, 11) is 0. The highest BCUT2D eigenvalue weighted by Gasteiger charge is 2.17. The van der Waals surface area contributed by atoms with Gasteiger partial charge in [0.15, 0.2) is 0 Å². The van der Waals surface area contributed by atoms with Crippen LogP contribution in [0.15, 0.2) is 53.6 Å². The number of fused-ring (bicyclic) bond motifs is 1. The Labute approximate surface area is 72.5 Å². The molecule has 1 heteroatoms. The van der Waals surface area contributed by atoms with Gasteiger partial charge in [0.2, 0.25) is 0 Å². The van der Waals surface area contributed by atoms with Crippen LogP contribution in [0, 0.1) is 5.92 Å². The summed E-state index contributed by atoms with van der Waals surface area (Å²) in [6.07, 6.45) is 14.3. The minimum Gasteiger partial charge on any atom is -0.284 e. The lowest BCUT2D eigenvalue weighted by Gasteiger charge is -2.21. The van der Waals surface area contributed by atoms with E-state index < -0.39 is 0 Å². The van der Waals surface area contributed by atoms with Crippen molar-refractivity contribution in [2.75, 3.05) is 0 Å². The molecular formula is C11H11N. The Morgan fingerprint density at radius 2 is 2.17 bits per heavy atom. The molecule has 0 saturated carbocycles. The number of hydrogen-bond donors (Lipinski definition) is 0. The standard InChI is InChI=1S/C11H11N/c1-2-9-7-10-5-3-4-6-11(10)12-8-9/h2-8,10-11H,1H2. The average Bonchev–Trinajstić information content (AvgIpc) is 2.17. The molecule has 2 atom stereocenters. The van der Waals surface area contributed by atoms with Gasteiger partial charge in [-0.1, -0.05) is 43.0 Å². The molecule has 1 heterocycles. The smallest absolute Gasteiger partial charge is 0.0780 e. The zero-order chi connectivity index (χ0) is 8.39. The fourth-order valence-electron chi connectivity index (χ4n) is 1.47. The third-order valence-corrected chi connectivity index (χ3v) is 2.16. The molecule has 0 amide bonds. The van der Waals surface area contributed by atoms with Crippen molar-refractivity contribution in [3.8, 4) is 0 Å². The van der Waals surface area contributed by atoms with Gasteiger partial charge in [-0.3, -0.25) is 4.99 Å². The van der Waals surface area contributed by atoms with Gasteiger partial charge in [-0.15, -0.1) is 0 Å². The van der Waals surface area contributed by atoms with Crippen molar-refractivity contribution >= 4 is 6.21 Å². The topological polar surface area (TPSA) is 12.4 Å². The van der Waals surface area contributed by atoms with Gasteiger partial charge >= 0.3 is 0 Å². The number of rotatable bonds is 1.